The molecular formula is C45H50N6O6S. The first-order chi connectivity index (χ1) is 28.0. The van der Waals surface area contributed by atoms with Crippen LogP contribution in [0, 0.1) is 5.41 Å². The number of hydrogen-bond acceptors (Lipinski definition) is 10. The number of ether oxygens (including phenoxy) is 3. The Morgan fingerprint density at radius 1 is 1.14 bits per heavy atom. The zero-order valence-electron chi connectivity index (χ0n) is 33.7. The van der Waals surface area contributed by atoms with Crippen LogP contribution in [0.2, 0.25) is 0 Å². The smallest absolute Gasteiger partial charge is 0.324 e. The van der Waals surface area contributed by atoms with E-state index in [4.69, 9.17) is 24.2 Å². The molecule has 0 saturated carbocycles. The Morgan fingerprint density at radius 2 is 1.98 bits per heavy atom. The van der Waals surface area contributed by atoms with Gasteiger partial charge in [-0.15, -0.1) is 11.3 Å². The van der Waals surface area contributed by atoms with Crippen molar-refractivity contribution < 1.29 is 28.6 Å². The molecule has 0 aliphatic carbocycles. The molecule has 7 heterocycles. The van der Waals surface area contributed by atoms with Gasteiger partial charge in [0.25, 0.3) is 11.8 Å². The molecule has 58 heavy (non-hydrogen) atoms. The molecule has 4 aliphatic rings. The predicted octanol–water partition coefficient (Wildman–Crippen LogP) is 6.96. The number of amides is 2. The van der Waals surface area contributed by atoms with Gasteiger partial charge >= 0.3 is 5.97 Å². The Bertz CT molecular complexity index is 2420. The lowest BCUT2D eigenvalue weighted by Crippen LogP contribution is -2.61. The van der Waals surface area contributed by atoms with Gasteiger partial charge in [-0.25, -0.2) is 10.4 Å². The molecule has 3 aromatic heterocycles. The average molecular weight is 803 g/mol. The number of cyclic esters (lactones) is 1. The highest BCUT2D eigenvalue weighted by Gasteiger charge is 2.56. The molecule has 2 fully saturated rings. The first kappa shape index (κ1) is 38.6. The zero-order valence-corrected chi connectivity index (χ0v) is 34.5. The molecule has 0 radical (unpaired) electrons. The third kappa shape index (κ3) is 6.61. The minimum Gasteiger partial charge on any atom is -0.464 e. The third-order valence-electron chi connectivity index (χ3n) is 12.4. The number of thiazole rings is 1. The second-order valence-corrected chi connectivity index (χ2v) is 17.7. The number of nitrogens with one attached hydrogen (secondary N) is 2. The fourth-order valence-electron chi connectivity index (χ4n) is 9.39. The number of aryl methyl sites for hydroxylation is 1. The van der Waals surface area contributed by atoms with Crippen LogP contribution in [0.1, 0.15) is 93.0 Å². The number of pyridine rings is 1. The van der Waals surface area contributed by atoms with Crippen molar-refractivity contribution in [2.24, 2.45) is 5.41 Å². The van der Waals surface area contributed by atoms with Crippen molar-refractivity contribution in [3.8, 4) is 22.5 Å². The van der Waals surface area contributed by atoms with Crippen molar-refractivity contribution in [2.45, 2.75) is 103 Å². The lowest BCUT2D eigenvalue weighted by Gasteiger charge is -2.36. The van der Waals surface area contributed by atoms with Crippen LogP contribution in [-0.4, -0.2) is 69.7 Å². The van der Waals surface area contributed by atoms with Gasteiger partial charge in [-0.1, -0.05) is 44.2 Å². The van der Waals surface area contributed by atoms with Crippen molar-refractivity contribution in [1.82, 2.24) is 30.3 Å². The Balaban J connectivity index is 1.14. The highest BCUT2D eigenvalue weighted by atomic mass is 32.1. The van der Waals surface area contributed by atoms with E-state index in [1.54, 1.807) is 13.3 Å². The first-order valence-corrected chi connectivity index (χ1v) is 21.3. The van der Waals surface area contributed by atoms with E-state index < -0.39 is 29.1 Å². The predicted molar refractivity (Wildman–Crippen MR) is 221 cm³/mol. The van der Waals surface area contributed by atoms with Gasteiger partial charge < -0.3 is 24.1 Å². The van der Waals surface area contributed by atoms with E-state index in [0.29, 0.717) is 37.2 Å². The van der Waals surface area contributed by atoms with Gasteiger partial charge in [0.2, 0.25) is 0 Å². The highest BCUT2D eigenvalue weighted by Crippen LogP contribution is 2.55. The van der Waals surface area contributed by atoms with E-state index in [9.17, 15) is 14.4 Å². The Hall–Kier alpha value is -4.95. The molecule has 302 valence electrons. The summed E-state index contributed by atoms with van der Waals surface area (Å²) in [5.41, 5.74) is 10.3. The number of fused-ring (bicyclic) bond motifs is 11. The Labute approximate surface area is 342 Å². The average Bonchev–Trinajstić information content (AvgIpc) is 4.04. The number of nitrogens with zero attached hydrogens (tertiary/aromatic N) is 4. The number of benzene rings is 2. The van der Waals surface area contributed by atoms with Gasteiger partial charge in [0.05, 0.1) is 40.9 Å². The number of aromatic nitrogens is 3. The second-order valence-electron chi connectivity index (χ2n) is 16.8. The lowest BCUT2D eigenvalue weighted by atomic mass is 9.81. The van der Waals surface area contributed by atoms with Gasteiger partial charge in [-0.3, -0.25) is 24.4 Å². The van der Waals surface area contributed by atoms with Crippen LogP contribution in [-0.2, 0) is 53.6 Å². The fourth-order valence-corrected chi connectivity index (χ4v) is 10.2. The third-order valence-corrected chi connectivity index (χ3v) is 13.2. The van der Waals surface area contributed by atoms with Crippen LogP contribution in [0.25, 0.3) is 33.4 Å². The maximum atomic E-state index is 14.5. The Morgan fingerprint density at radius 3 is 2.81 bits per heavy atom. The molecule has 8 bridgehead atoms. The number of hydrogen-bond donors (Lipinski definition) is 2. The summed E-state index contributed by atoms with van der Waals surface area (Å²) in [5, 5.41) is 8.41. The number of hydrazine groups is 1. The SMILES string of the molecule is CCn1c(-c2cccnc2[C@H](C)OC)c2c3cc(ccc31)-c1csc(n1)C[C@H](NC(=O)[C@]13CC[C@H](O1)c1ccccc13)C(=O)N1CCC[C@H](N1)C(=O)OCC(C)(C)C2. The summed E-state index contributed by atoms with van der Waals surface area (Å²) < 4.78 is 20.7. The van der Waals surface area contributed by atoms with Gasteiger partial charge in [0, 0.05) is 65.6 Å². The van der Waals surface area contributed by atoms with E-state index in [2.05, 4.69) is 60.3 Å². The van der Waals surface area contributed by atoms with Crippen LogP contribution >= 0.6 is 11.3 Å². The number of carbonyl (C=O) groups is 3. The highest BCUT2D eigenvalue weighted by molar-refractivity contribution is 7.10. The van der Waals surface area contributed by atoms with E-state index in [1.165, 1.54) is 16.3 Å². The normalized spacial score (nSPS) is 24.6. The number of rotatable bonds is 6. The van der Waals surface area contributed by atoms with Crippen molar-refractivity contribution >= 4 is 40.0 Å². The van der Waals surface area contributed by atoms with E-state index in [-0.39, 0.29) is 37.0 Å². The van der Waals surface area contributed by atoms with E-state index in [1.807, 2.05) is 42.6 Å². The lowest BCUT2D eigenvalue weighted by molar-refractivity contribution is -0.156. The molecule has 2 N–H and O–H groups in total. The van der Waals surface area contributed by atoms with E-state index in [0.717, 1.165) is 68.8 Å². The fraction of sp³-hybridized carbons (Fsp3) is 0.444. The molecule has 2 saturated heterocycles. The van der Waals surface area contributed by atoms with Crippen molar-refractivity contribution in [1.29, 1.82) is 0 Å². The summed E-state index contributed by atoms with van der Waals surface area (Å²) >= 11 is 1.46. The van der Waals surface area contributed by atoms with Crippen LogP contribution in [0.15, 0.2) is 66.2 Å². The summed E-state index contributed by atoms with van der Waals surface area (Å²) in [4.78, 5) is 52.6. The summed E-state index contributed by atoms with van der Waals surface area (Å²) in [5.74, 6) is -1.08. The van der Waals surface area contributed by atoms with Crippen LogP contribution < -0.4 is 10.7 Å². The summed E-state index contributed by atoms with van der Waals surface area (Å²) in [6.07, 6.45) is 4.59. The van der Waals surface area contributed by atoms with Crippen molar-refractivity contribution in [3.05, 3.63) is 93.6 Å². The van der Waals surface area contributed by atoms with Gasteiger partial charge in [-0.05, 0) is 86.9 Å². The van der Waals surface area contributed by atoms with Crippen LogP contribution in [0.4, 0.5) is 0 Å². The second kappa shape index (κ2) is 15.0. The maximum Gasteiger partial charge on any atom is 0.324 e. The number of esters is 1. The molecule has 0 unspecified atom stereocenters. The first-order valence-electron chi connectivity index (χ1n) is 20.4. The molecule has 2 amide bonds. The molecule has 13 heteroatoms. The molecule has 12 nitrogen and oxygen atoms in total. The minimum absolute atomic E-state index is 0.145. The van der Waals surface area contributed by atoms with E-state index >= 15 is 0 Å². The summed E-state index contributed by atoms with van der Waals surface area (Å²) in [7, 11) is 1.70. The van der Waals surface area contributed by atoms with Gasteiger partial charge in [0.1, 0.15) is 12.1 Å². The molecule has 0 spiro atoms. The van der Waals surface area contributed by atoms with Crippen molar-refractivity contribution in [3.63, 3.8) is 0 Å². The molecule has 5 atom stereocenters. The minimum atomic E-state index is -1.16. The molecule has 5 aromatic rings. The molecule has 9 rings (SSSR count). The van der Waals surface area contributed by atoms with Crippen LogP contribution in [0.5, 0.6) is 0 Å². The molecule has 4 aliphatic heterocycles. The van der Waals surface area contributed by atoms with Crippen LogP contribution in [0.3, 0.4) is 0 Å². The largest absolute Gasteiger partial charge is 0.464 e. The van der Waals surface area contributed by atoms with Gasteiger partial charge in [0.15, 0.2) is 5.60 Å². The molecular weight excluding hydrogens is 753 g/mol. The standard InChI is InChI=1S/C45H50N6O6S/c1-6-50-36-16-15-27-21-30(36)31(40(50)29-12-9-19-46-39(29)26(2)55-5)23-44(3,4)25-56-42(53)33-14-10-20-51(49-33)41(52)34(22-38-47-35(27)24-58-38)48-43(54)45-18-17-37(57-45)28-11-7-8-13-32(28)45/h7-9,11-13,15-16,19,21,24,26,33-34,37,49H,6,10,14,17-18,20,22-23,25H2,1-5H3,(H,48,54)/t26-,33-,34-,37-,45+/m0/s1. The Kier molecular flexibility index (Phi) is 9.98. The number of carbonyl (C=O) groups excluding carboxylic acids is 3. The van der Waals surface area contributed by atoms with Gasteiger partial charge in [-0.2, -0.15) is 0 Å². The monoisotopic (exact) mass is 802 g/mol. The topological polar surface area (TPSA) is 137 Å². The van der Waals surface area contributed by atoms with Crippen molar-refractivity contribution in [2.75, 3.05) is 20.3 Å². The maximum absolute atomic E-state index is 14.5. The zero-order chi connectivity index (χ0) is 40.3. The number of methoxy groups -OCH3 is 1. The quantitative estimate of drug-likeness (QED) is 0.175. The molecule has 2 aromatic carbocycles. The summed E-state index contributed by atoms with van der Waals surface area (Å²) in [6.45, 7) is 9.67. The summed E-state index contributed by atoms with van der Waals surface area (Å²) in [6, 6.07) is 16.7.